The molecule has 0 aliphatic heterocycles. The summed E-state index contributed by atoms with van der Waals surface area (Å²) in [5.41, 5.74) is 4.52. The van der Waals surface area contributed by atoms with Crippen LogP contribution in [0.25, 0.3) is 11.0 Å². The number of rotatable bonds is 7. The lowest BCUT2D eigenvalue weighted by atomic mass is 10.1. The number of nitrogens with one attached hydrogen (secondary N) is 1. The normalized spacial score (nSPS) is 15.4. The van der Waals surface area contributed by atoms with Crippen LogP contribution in [0.4, 0.5) is 0 Å². The van der Waals surface area contributed by atoms with E-state index in [0.717, 1.165) is 11.0 Å². The molecule has 134 valence electrons. The molecule has 0 saturated heterocycles. The van der Waals surface area contributed by atoms with Crippen molar-refractivity contribution < 1.29 is 5.11 Å². The second-order valence-corrected chi connectivity index (χ2v) is 6.90. The van der Waals surface area contributed by atoms with E-state index in [1.165, 1.54) is 11.1 Å². The van der Waals surface area contributed by atoms with Gasteiger partial charge in [0.25, 0.3) is 0 Å². The van der Waals surface area contributed by atoms with Crippen LogP contribution in [-0.4, -0.2) is 43.1 Å². The number of benzene rings is 1. The lowest BCUT2D eigenvalue weighted by Gasteiger charge is -2.23. The first kappa shape index (κ1) is 17.6. The highest BCUT2D eigenvalue weighted by molar-refractivity contribution is 5.77. The Bertz CT molecular complexity index is 824. The third-order valence-electron chi connectivity index (χ3n) is 4.99. The van der Waals surface area contributed by atoms with Crippen molar-refractivity contribution in [2.75, 3.05) is 6.54 Å². The molecule has 0 fully saturated rings. The number of aliphatic hydroxyl groups excluding tert-OH is 1. The molecule has 0 radical (unpaired) electrons. The van der Waals surface area contributed by atoms with E-state index in [9.17, 15) is 5.11 Å². The zero-order valence-corrected chi connectivity index (χ0v) is 15.3. The second-order valence-electron chi connectivity index (χ2n) is 6.90. The molecular weight excluding hydrogens is 314 g/mol. The number of hydrogen-bond donors (Lipinski definition) is 2. The average Bonchev–Trinajstić information content (AvgIpc) is 3.24. The number of hydrogen-bond acceptors (Lipinski definition) is 4. The Labute approximate surface area is 148 Å². The van der Waals surface area contributed by atoms with Crippen LogP contribution in [0.15, 0.2) is 36.9 Å². The number of imidazole rings is 1. The molecule has 3 aromatic rings. The van der Waals surface area contributed by atoms with E-state index < -0.39 is 6.10 Å². The Morgan fingerprint density at radius 1 is 1.20 bits per heavy atom. The van der Waals surface area contributed by atoms with Gasteiger partial charge in [-0.15, -0.1) is 0 Å². The molecular formula is C19H27N5O. The zero-order valence-electron chi connectivity index (χ0n) is 15.3. The lowest BCUT2D eigenvalue weighted by Crippen LogP contribution is -2.39. The molecule has 3 rings (SSSR count). The summed E-state index contributed by atoms with van der Waals surface area (Å²) in [6, 6.07) is 6.59. The van der Waals surface area contributed by atoms with Crippen LogP contribution in [-0.2, 0) is 6.54 Å². The summed E-state index contributed by atoms with van der Waals surface area (Å²) in [6.45, 7) is 9.46. The SMILES string of the molecule is Cc1cc2ncn(C[C@H](O)CN[C@H](C)[C@@H](C)n3cccn3)c2cc1C. The van der Waals surface area contributed by atoms with Crippen LogP contribution >= 0.6 is 0 Å². The number of aliphatic hydroxyl groups is 1. The highest BCUT2D eigenvalue weighted by Crippen LogP contribution is 2.18. The van der Waals surface area contributed by atoms with Gasteiger partial charge in [0.15, 0.2) is 0 Å². The standard InChI is InChI=1S/C19H27N5O/c1-13-8-18-19(9-14(13)2)23(12-21-18)11-17(25)10-20-15(3)16(4)24-7-5-6-22-24/h5-9,12,15-17,20,25H,10-11H2,1-4H3/t15-,16-,17-/m1/s1. The molecule has 0 bridgehead atoms. The fourth-order valence-corrected chi connectivity index (χ4v) is 2.99. The van der Waals surface area contributed by atoms with Crippen molar-refractivity contribution in [2.45, 2.75) is 52.4 Å². The third-order valence-corrected chi connectivity index (χ3v) is 4.99. The van der Waals surface area contributed by atoms with Gasteiger partial charge < -0.3 is 15.0 Å². The molecule has 0 unspecified atom stereocenters. The van der Waals surface area contributed by atoms with E-state index in [1.807, 2.05) is 27.8 Å². The summed E-state index contributed by atoms with van der Waals surface area (Å²) >= 11 is 0. The maximum Gasteiger partial charge on any atom is 0.0959 e. The average molecular weight is 341 g/mol. The Morgan fingerprint density at radius 3 is 2.68 bits per heavy atom. The summed E-state index contributed by atoms with van der Waals surface area (Å²) in [5.74, 6) is 0. The minimum atomic E-state index is -0.480. The van der Waals surface area contributed by atoms with Crippen LogP contribution in [0, 0.1) is 13.8 Å². The monoisotopic (exact) mass is 341 g/mol. The van der Waals surface area contributed by atoms with Crippen LogP contribution < -0.4 is 5.32 Å². The van der Waals surface area contributed by atoms with Gasteiger partial charge in [0.2, 0.25) is 0 Å². The fourth-order valence-electron chi connectivity index (χ4n) is 2.99. The zero-order chi connectivity index (χ0) is 18.0. The van der Waals surface area contributed by atoms with Crippen LogP contribution in [0.1, 0.15) is 31.0 Å². The molecule has 25 heavy (non-hydrogen) atoms. The Kier molecular flexibility index (Phi) is 5.20. The maximum atomic E-state index is 10.4. The highest BCUT2D eigenvalue weighted by atomic mass is 16.3. The summed E-state index contributed by atoms with van der Waals surface area (Å²) in [4.78, 5) is 4.45. The predicted octanol–water partition coefficient (Wildman–Crippen LogP) is 2.45. The van der Waals surface area contributed by atoms with E-state index in [2.05, 4.69) is 55.2 Å². The molecule has 3 atom stereocenters. The van der Waals surface area contributed by atoms with Crippen molar-refractivity contribution in [1.29, 1.82) is 0 Å². The summed E-state index contributed by atoms with van der Waals surface area (Å²) < 4.78 is 3.95. The molecule has 0 aliphatic carbocycles. The molecule has 6 nitrogen and oxygen atoms in total. The molecule has 2 heterocycles. The highest BCUT2D eigenvalue weighted by Gasteiger charge is 2.16. The molecule has 0 spiro atoms. The van der Waals surface area contributed by atoms with Gasteiger partial charge in [0.1, 0.15) is 0 Å². The van der Waals surface area contributed by atoms with E-state index in [-0.39, 0.29) is 12.1 Å². The minimum Gasteiger partial charge on any atom is -0.390 e. The summed E-state index contributed by atoms with van der Waals surface area (Å²) in [7, 11) is 0. The molecule has 0 saturated carbocycles. The lowest BCUT2D eigenvalue weighted by molar-refractivity contribution is 0.145. The first-order valence-electron chi connectivity index (χ1n) is 8.78. The van der Waals surface area contributed by atoms with E-state index in [1.54, 1.807) is 6.20 Å². The third kappa shape index (κ3) is 3.91. The molecule has 1 aromatic carbocycles. The fraction of sp³-hybridized carbons (Fsp3) is 0.474. The van der Waals surface area contributed by atoms with Gasteiger partial charge >= 0.3 is 0 Å². The van der Waals surface area contributed by atoms with Crippen LogP contribution in [0.5, 0.6) is 0 Å². The van der Waals surface area contributed by atoms with Gasteiger partial charge in [-0.3, -0.25) is 4.68 Å². The largest absolute Gasteiger partial charge is 0.390 e. The Balaban J connectivity index is 1.59. The van der Waals surface area contributed by atoms with Gasteiger partial charge in [-0.05, 0) is 57.0 Å². The maximum absolute atomic E-state index is 10.4. The van der Waals surface area contributed by atoms with Crippen LogP contribution in [0.3, 0.4) is 0 Å². The van der Waals surface area contributed by atoms with Crippen LogP contribution in [0.2, 0.25) is 0 Å². The van der Waals surface area contributed by atoms with Gasteiger partial charge in [0.05, 0.1) is 36.1 Å². The van der Waals surface area contributed by atoms with E-state index >= 15 is 0 Å². The van der Waals surface area contributed by atoms with Gasteiger partial charge in [-0.1, -0.05) is 0 Å². The van der Waals surface area contributed by atoms with E-state index in [4.69, 9.17) is 0 Å². The number of fused-ring (bicyclic) bond motifs is 1. The molecule has 6 heteroatoms. The number of aromatic nitrogens is 4. The summed E-state index contributed by atoms with van der Waals surface area (Å²) in [6.07, 6.45) is 5.07. The Morgan fingerprint density at radius 2 is 1.96 bits per heavy atom. The second kappa shape index (κ2) is 7.37. The van der Waals surface area contributed by atoms with Gasteiger partial charge in [-0.25, -0.2) is 4.98 Å². The topological polar surface area (TPSA) is 67.9 Å². The van der Waals surface area contributed by atoms with Crippen molar-refractivity contribution in [3.8, 4) is 0 Å². The van der Waals surface area contributed by atoms with Crippen molar-refractivity contribution >= 4 is 11.0 Å². The smallest absolute Gasteiger partial charge is 0.0959 e. The van der Waals surface area contributed by atoms with Crippen molar-refractivity contribution in [2.24, 2.45) is 0 Å². The van der Waals surface area contributed by atoms with Crippen molar-refractivity contribution in [3.05, 3.63) is 48.0 Å². The quantitative estimate of drug-likeness (QED) is 0.693. The first-order chi connectivity index (χ1) is 12.0. The van der Waals surface area contributed by atoms with Gasteiger partial charge in [-0.2, -0.15) is 5.10 Å². The van der Waals surface area contributed by atoms with Crippen molar-refractivity contribution in [3.63, 3.8) is 0 Å². The first-order valence-corrected chi connectivity index (χ1v) is 8.78. The molecule has 2 aromatic heterocycles. The molecule has 2 N–H and O–H groups in total. The minimum absolute atomic E-state index is 0.207. The van der Waals surface area contributed by atoms with E-state index in [0.29, 0.717) is 13.1 Å². The number of aryl methyl sites for hydroxylation is 2. The predicted molar refractivity (Wildman–Crippen MR) is 99.6 cm³/mol. The Hall–Kier alpha value is -2.18. The molecule has 0 aliphatic rings. The van der Waals surface area contributed by atoms with Crippen molar-refractivity contribution in [1.82, 2.24) is 24.6 Å². The summed E-state index contributed by atoms with van der Waals surface area (Å²) in [5, 5.41) is 18.1. The molecule has 0 amide bonds. The number of nitrogens with zero attached hydrogens (tertiary/aromatic N) is 4. The van der Waals surface area contributed by atoms with Gasteiger partial charge in [0, 0.05) is 25.0 Å².